The second-order valence-corrected chi connectivity index (χ2v) is 5.16. The van der Waals surface area contributed by atoms with Crippen LogP contribution >= 0.6 is 11.6 Å². The van der Waals surface area contributed by atoms with E-state index in [4.69, 9.17) is 21.1 Å². The van der Waals surface area contributed by atoms with Gasteiger partial charge in [0.15, 0.2) is 5.75 Å². The zero-order chi connectivity index (χ0) is 16.2. The molecule has 0 spiro atoms. The molecule has 3 aromatic rings. The van der Waals surface area contributed by atoms with E-state index in [9.17, 15) is 5.11 Å². The van der Waals surface area contributed by atoms with Crippen molar-refractivity contribution in [2.45, 2.75) is 6.92 Å². The lowest BCUT2D eigenvalue weighted by atomic mass is 10.1. The van der Waals surface area contributed by atoms with Crippen molar-refractivity contribution in [1.82, 2.24) is 10.2 Å². The third-order valence-corrected chi connectivity index (χ3v) is 3.52. The Bertz CT molecular complexity index is 817. The van der Waals surface area contributed by atoms with E-state index in [1.54, 1.807) is 30.3 Å². The number of phenolic OH excluding ortho intramolecular Hbond substituents is 1. The van der Waals surface area contributed by atoms with Crippen LogP contribution in [0.2, 0.25) is 5.02 Å². The van der Waals surface area contributed by atoms with Crippen LogP contribution in [0.3, 0.4) is 0 Å². The molecule has 2 aromatic carbocycles. The van der Waals surface area contributed by atoms with E-state index in [1.165, 1.54) is 6.20 Å². The second kappa shape index (κ2) is 6.62. The lowest BCUT2D eigenvalue weighted by Gasteiger charge is -2.10. The van der Waals surface area contributed by atoms with Crippen molar-refractivity contribution in [3.05, 3.63) is 53.7 Å². The topological polar surface area (TPSA) is 67.4 Å². The predicted octanol–water partition coefficient (Wildman–Crippen LogP) is 4.63. The molecule has 0 aliphatic rings. The quantitative estimate of drug-likeness (QED) is 0.716. The number of benzene rings is 2. The molecular weight excluding hydrogens is 316 g/mol. The maximum atomic E-state index is 10.2. The number of hydrogen-bond donors (Lipinski definition) is 2. The standard InChI is InChI=1S/C17H15ClN2O3/c1-2-22-11-7-8-12(14(21)9-11)17-16(10-19-20-17)23-15-6-4-3-5-13(15)18/h3-10,21H,2H2,1H3,(H,19,20). The molecule has 0 fully saturated rings. The van der Waals surface area contributed by atoms with Crippen LogP contribution in [0.15, 0.2) is 48.7 Å². The van der Waals surface area contributed by atoms with Gasteiger partial charge < -0.3 is 14.6 Å². The Morgan fingerprint density at radius 1 is 1.17 bits per heavy atom. The lowest BCUT2D eigenvalue weighted by Crippen LogP contribution is -1.92. The number of rotatable bonds is 5. The molecule has 5 nitrogen and oxygen atoms in total. The first-order valence-electron chi connectivity index (χ1n) is 7.11. The van der Waals surface area contributed by atoms with Gasteiger partial charge in [-0.05, 0) is 31.2 Å². The minimum absolute atomic E-state index is 0.0733. The highest BCUT2D eigenvalue weighted by atomic mass is 35.5. The number of para-hydroxylation sites is 1. The lowest BCUT2D eigenvalue weighted by molar-refractivity contribution is 0.338. The van der Waals surface area contributed by atoms with Gasteiger partial charge in [-0.15, -0.1) is 0 Å². The molecule has 0 amide bonds. The van der Waals surface area contributed by atoms with Crippen molar-refractivity contribution < 1.29 is 14.6 Å². The molecule has 0 atom stereocenters. The van der Waals surface area contributed by atoms with Crippen LogP contribution in [-0.4, -0.2) is 21.9 Å². The maximum Gasteiger partial charge on any atom is 0.173 e. The maximum absolute atomic E-state index is 10.2. The first kappa shape index (κ1) is 15.2. The number of aromatic hydroxyl groups is 1. The number of H-pyrrole nitrogens is 1. The molecule has 0 aliphatic carbocycles. The third-order valence-electron chi connectivity index (χ3n) is 3.21. The largest absolute Gasteiger partial charge is 0.507 e. The van der Waals surface area contributed by atoms with Crippen molar-refractivity contribution in [1.29, 1.82) is 0 Å². The predicted molar refractivity (Wildman–Crippen MR) is 88.4 cm³/mol. The average Bonchev–Trinajstić information content (AvgIpc) is 2.98. The Kier molecular flexibility index (Phi) is 4.39. The summed E-state index contributed by atoms with van der Waals surface area (Å²) in [6.45, 7) is 2.42. The Hall–Kier alpha value is -2.66. The molecule has 0 bridgehead atoms. The van der Waals surface area contributed by atoms with Gasteiger partial charge in [-0.3, -0.25) is 5.10 Å². The van der Waals surface area contributed by atoms with Crippen molar-refractivity contribution >= 4 is 11.6 Å². The summed E-state index contributed by atoms with van der Waals surface area (Å²) in [7, 11) is 0. The fourth-order valence-electron chi connectivity index (χ4n) is 2.17. The van der Waals surface area contributed by atoms with Crippen molar-refractivity contribution in [3.63, 3.8) is 0 Å². The molecule has 0 saturated carbocycles. The van der Waals surface area contributed by atoms with Gasteiger partial charge in [0.05, 0.1) is 17.8 Å². The molecule has 2 N–H and O–H groups in total. The van der Waals surface area contributed by atoms with Gasteiger partial charge in [-0.1, -0.05) is 23.7 Å². The van der Waals surface area contributed by atoms with Crippen molar-refractivity contribution in [3.8, 4) is 34.3 Å². The number of aromatic nitrogens is 2. The molecule has 23 heavy (non-hydrogen) atoms. The van der Waals surface area contributed by atoms with Gasteiger partial charge in [0.25, 0.3) is 0 Å². The van der Waals surface area contributed by atoms with Crippen molar-refractivity contribution in [2.24, 2.45) is 0 Å². The average molecular weight is 331 g/mol. The van der Waals surface area contributed by atoms with E-state index < -0.39 is 0 Å². The number of aromatic amines is 1. The Labute approximate surface area is 138 Å². The summed E-state index contributed by atoms with van der Waals surface area (Å²) in [5.41, 5.74) is 1.12. The molecule has 1 heterocycles. The first-order chi connectivity index (χ1) is 11.2. The molecule has 0 unspecified atom stereocenters. The van der Waals surface area contributed by atoms with E-state index in [1.807, 2.05) is 19.1 Å². The van der Waals surface area contributed by atoms with Crippen LogP contribution in [0.5, 0.6) is 23.0 Å². The van der Waals surface area contributed by atoms with Crippen LogP contribution in [0.1, 0.15) is 6.92 Å². The minimum atomic E-state index is 0.0733. The van der Waals surface area contributed by atoms with Crippen molar-refractivity contribution in [2.75, 3.05) is 6.61 Å². The van der Waals surface area contributed by atoms with Gasteiger partial charge in [-0.25, -0.2) is 0 Å². The van der Waals surface area contributed by atoms with Crippen LogP contribution < -0.4 is 9.47 Å². The minimum Gasteiger partial charge on any atom is -0.507 e. The van der Waals surface area contributed by atoms with E-state index in [0.29, 0.717) is 40.1 Å². The van der Waals surface area contributed by atoms with Crippen LogP contribution in [0.4, 0.5) is 0 Å². The summed E-state index contributed by atoms with van der Waals surface area (Å²) < 4.78 is 11.2. The second-order valence-electron chi connectivity index (χ2n) is 4.75. The summed E-state index contributed by atoms with van der Waals surface area (Å²) >= 11 is 6.10. The summed E-state index contributed by atoms with van der Waals surface area (Å²) in [5, 5.41) is 17.5. The number of phenols is 1. The Balaban J connectivity index is 1.94. The normalized spacial score (nSPS) is 10.5. The van der Waals surface area contributed by atoms with Gasteiger partial charge >= 0.3 is 0 Å². The highest BCUT2D eigenvalue weighted by Gasteiger charge is 2.15. The van der Waals surface area contributed by atoms with E-state index in [2.05, 4.69) is 10.2 Å². The molecule has 0 radical (unpaired) electrons. The molecular formula is C17H15ClN2O3. The SMILES string of the molecule is CCOc1ccc(-c2[nH]ncc2Oc2ccccc2Cl)c(O)c1. The van der Waals surface area contributed by atoms with Crippen LogP contribution in [-0.2, 0) is 0 Å². The van der Waals surface area contributed by atoms with E-state index in [0.717, 1.165) is 0 Å². The Morgan fingerprint density at radius 2 is 2.00 bits per heavy atom. The number of ether oxygens (including phenoxy) is 2. The summed E-state index contributed by atoms with van der Waals surface area (Å²) in [6.07, 6.45) is 1.54. The highest BCUT2D eigenvalue weighted by Crippen LogP contribution is 2.39. The summed E-state index contributed by atoms with van der Waals surface area (Å²) in [4.78, 5) is 0. The van der Waals surface area contributed by atoms with Crippen LogP contribution in [0, 0.1) is 0 Å². The molecule has 1 aromatic heterocycles. The first-order valence-corrected chi connectivity index (χ1v) is 7.48. The van der Waals surface area contributed by atoms with Gasteiger partial charge in [-0.2, -0.15) is 5.10 Å². The fraction of sp³-hybridized carbons (Fsp3) is 0.118. The molecule has 0 aliphatic heterocycles. The smallest absolute Gasteiger partial charge is 0.173 e. The molecule has 3 rings (SSSR count). The van der Waals surface area contributed by atoms with E-state index >= 15 is 0 Å². The summed E-state index contributed by atoms with van der Waals surface area (Å²) in [6, 6.07) is 12.2. The number of halogens is 1. The molecule has 6 heteroatoms. The number of nitrogens with one attached hydrogen (secondary N) is 1. The van der Waals surface area contributed by atoms with Gasteiger partial charge in [0.1, 0.15) is 22.9 Å². The zero-order valence-corrected chi connectivity index (χ0v) is 13.2. The number of hydrogen-bond acceptors (Lipinski definition) is 4. The number of nitrogens with zero attached hydrogens (tertiary/aromatic N) is 1. The fourth-order valence-corrected chi connectivity index (χ4v) is 2.35. The van der Waals surface area contributed by atoms with E-state index in [-0.39, 0.29) is 5.75 Å². The van der Waals surface area contributed by atoms with Gasteiger partial charge in [0.2, 0.25) is 0 Å². The summed E-state index contributed by atoms with van der Waals surface area (Å²) in [5.74, 6) is 1.66. The molecule has 0 saturated heterocycles. The van der Waals surface area contributed by atoms with Gasteiger partial charge in [0, 0.05) is 11.6 Å². The monoisotopic (exact) mass is 330 g/mol. The Morgan fingerprint density at radius 3 is 2.74 bits per heavy atom. The highest BCUT2D eigenvalue weighted by molar-refractivity contribution is 6.32. The zero-order valence-electron chi connectivity index (χ0n) is 12.4. The third kappa shape index (κ3) is 3.24. The van der Waals surface area contributed by atoms with Crippen LogP contribution in [0.25, 0.3) is 11.3 Å². The molecule has 118 valence electrons.